The third-order valence-electron chi connectivity index (χ3n) is 6.34. The molecule has 5 nitrogen and oxygen atoms in total. The van der Waals surface area contributed by atoms with Gasteiger partial charge in [0.05, 0.1) is 18.7 Å². The summed E-state index contributed by atoms with van der Waals surface area (Å²) < 4.78 is 20.5. The minimum Gasteiger partial charge on any atom is -0.469 e. The van der Waals surface area contributed by atoms with E-state index in [0.717, 1.165) is 40.6 Å². The number of ketones is 1. The van der Waals surface area contributed by atoms with Crippen LogP contribution in [0.15, 0.2) is 48.5 Å². The molecule has 2 aromatic carbocycles. The lowest BCUT2D eigenvalue weighted by atomic mass is 9.90. The second-order valence-corrected chi connectivity index (χ2v) is 9.15. The van der Waals surface area contributed by atoms with E-state index in [0.29, 0.717) is 0 Å². The number of carbonyl (C=O) groups is 2. The van der Waals surface area contributed by atoms with E-state index in [1.54, 1.807) is 18.2 Å². The molecule has 1 unspecified atom stereocenters. The maximum atomic E-state index is 13.7. The van der Waals surface area contributed by atoms with Crippen LogP contribution in [0.3, 0.4) is 0 Å². The Morgan fingerprint density at radius 2 is 1.94 bits per heavy atom. The van der Waals surface area contributed by atoms with Crippen LogP contribution in [0.25, 0.3) is 28.1 Å². The Hall–Kier alpha value is -3.25. The first-order valence-corrected chi connectivity index (χ1v) is 11.1. The predicted octanol–water partition coefficient (Wildman–Crippen LogP) is 5.03. The molecule has 1 aromatic heterocycles. The quantitative estimate of drug-likeness (QED) is 0.406. The zero-order valence-electron chi connectivity index (χ0n) is 19.1. The average molecular weight is 450 g/mol. The van der Waals surface area contributed by atoms with E-state index in [9.17, 15) is 19.1 Å². The SMILES string of the molecule is COC(=O)CC(=O)CC(O)/C=C/c1c(-c2ccc(F)cc2)c2cccc3c2n1C(C)(C)CC3. The Morgan fingerprint density at radius 3 is 2.64 bits per heavy atom. The van der Waals surface area contributed by atoms with Crippen molar-refractivity contribution in [2.24, 2.45) is 0 Å². The molecule has 0 amide bonds. The Bertz CT molecular complexity index is 1240. The second kappa shape index (κ2) is 8.94. The Morgan fingerprint density at radius 1 is 1.21 bits per heavy atom. The number of aliphatic hydroxyl groups excluding tert-OH is 1. The highest BCUT2D eigenvalue weighted by molar-refractivity contribution is 6.03. The summed E-state index contributed by atoms with van der Waals surface area (Å²) in [6.45, 7) is 4.37. The van der Waals surface area contributed by atoms with Gasteiger partial charge in [-0.2, -0.15) is 0 Å². The van der Waals surface area contributed by atoms with Crippen molar-refractivity contribution in [2.45, 2.75) is 51.2 Å². The van der Waals surface area contributed by atoms with E-state index in [2.05, 4.69) is 35.3 Å². The molecule has 172 valence electrons. The van der Waals surface area contributed by atoms with Gasteiger partial charge in [0.2, 0.25) is 0 Å². The molecule has 6 heteroatoms. The van der Waals surface area contributed by atoms with Gasteiger partial charge in [-0.3, -0.25) is 9.59 Å². The molecule has 0 saturated carbocycles. The van der Waals surface area contributed by atoms with Gasteiger partial charge in [-0.25, -0.2) is 4.39 Å². The number of esters is 1. The van der Waals surface area contributed by atoms with Crippen LogP contribution in [0.1, 0.15) is 44.4 Å². The van der Waals surface area contributed by atoms with E-state index in [1.807, 2.05) is 12.1 Å². The van der Waals surface area contributed by atoms with Gasteiger partial charge in [-0.15, -0.1) is 0 Å². The molecule has 33 heavy (non-hydrogen) atoms. The van der Waals surface area contributed by atoms with Crippen molar-refractivity contribution < 1.29 is 23.8 Å². The highest BCUT2D eigenvalue weighted by Crippen LogP contribution is 2.44. The number of aliphatic hydroxyl groups is 1. The highest BCUT2D eigenvalue weighted by atomic mass is 19.1. The Kier molecular flexibility index (Phi) is 6.21. The van der Waals surface area contributed by atoms with Crippen molar-refractivity contribution in [1.29, 1.82) is 0 Å². The van der Waals surface area contributed by atoms with Crippen LogP contribution < -0.4 is 0 Å². The van der Waals surface area contributed by atoms with Gasteiger partial charge in [0.1, 0.15) is 18.0 Å². The number of methoxy groups -OCH3 is 1. The molecular formula is C27H28FNO4. The van der Waals surface area contributed by atoms with E-state index >= 15 is 0 Å². The number of hydrogen-bond donors (Lipinski definition) is 1. The minimum atomic E-state index is -1.04. The third kappa shape index (κ3) is 4.48. The zero-order chi connectivity index (χ0) is 23.8. The molecule has 1 aliphatic rings. The number of rotatable bonds is 7. The first-order valence-electron chi connectivity index (χ1n) is 11.1. The number of aryl methyl sites for hydroxylation is 1. The van der Waals surface area contributed by atoms with Gasteiger partial charge in [0, 0.05) is 28.6 Å². The van der Waals surface area contributed by atoms with Crippen LogP contribution in [-0.4, -0.2) is 34.6 Å². The van der Waals surface area contributed by atoms with Crippen LogP contribution in [-0.2, 0) is 26.3 Å². The highest BCUT2D eigenvalue weighted by Gasteiger charge is 2.32. The summed E-state index contributed by atoms with van der Waals surface area (Å²) in [7, 11) is 1.22. The zero-order valence-corrected chi connectivity index (χ0v) is 19.1. The molecule has 3 aromatic rings. The molecule has 1 aliphatic heterocycles. The number of nitrogens with zero attached hydrogens (tertiary/aromatic N) is 1. The lowest BCUT2D eigenvalue weighted by Gasteiger charge is -2.34. The fourth-order valence-corrected chi connectivity index (χ4v) is 4.70. The summed E-state index contributed by atoms with van der Waals surface area (Å²) in [6, 6.07) is 12.7. The lowest BCUT2D eigenvalue weighted by molar-refractivity contribution is -0.143. The fourth-order valence-electron chi connectivity index (χ4n) is 4.70. The van der Waals surface area contributed by atoms with Gasteiger partial charge < -0.3 is 14.4 Å². The van der Waals surface area contributed by atoms with Crippen LogP contribution in [0.4, 0.5) is 4.39 Å². The number of hydrogen-bond acceptors (Lipinski definition) is 4. The van der Waals surface area contributed by atoms with Crippen molar-refractivity contribution >= 4 is 28.7 Å². The molecule has 4 rings (SSSR count). The molecule has 0 bridgehead atoms. The summed E-state index contributed by atoms with van der Waals surface area (Å²) >= 11 is 0. The van der Waals surface area contributed by atoms with E-state index in [4.69, 9.17) is 0 Å². The first kappa shape index (κ1) is 22.9. The van der Waals surface area contributed by atoms with Crippen molar-refractivity contribution in [1.82, 2.24) is 4.57 Å². The predicted molar refractivity (Wildman–Crippen MR) is 126 cm³/mol. The second-order valence-electron chi connectivity index (χ2n) is 9.15. The van der Waals surface area contributed by atoms with Crippen molar-refractivity contribution in [3.05, 3.63) is 65.6 Å². The number of aromatic nitrogens is 1. The van der Waals surface area contributed by atoms with Crippen LogP contribution in [0.5, 0.6) is 0 Å². The molecule has 0 radical (unpaired) electrons. The molecule has 0 saturated heterocycles. The first-order chi connectivity index (χ1) is 15.7. The van der Waals surface area contributed by atoms with Crippen molar-refractivity contribution in [2.75, 3.05) is 7.11 Å². The van der Waals surface area contributed by atoms with E-state index in [1.165, 1.54) is 24.8 Å². The van der Waals surface area contributed by atoms with Gasteiger partial charge >= 0.3 is 5.97 Å². The third-order valence-corrected chi connectivity index (χ3v) is 6.34. The monoisotopic (exact) mass is 449 g/mol. The number of carbonyl (C=O) groups excluding carboxylic acids is 2. The number of para-hydroxylation sites is 1. The number of ether oxygens (including phenoxy) is 1. The summed E-state index contributed by atoms with van der Waals surface area (Å²) in [5.74, 6) is -1.31. The topological polar surface area (TPSA) is 68.5 Å². The standard InChI is InChI=1S/C27H28FNO4/c1-27(2)14-13-18-5-4-6-22-25(17-7-9-19(28)10-8-17)23(29(27)26(18)22)12-11-20(30)15-21(31)16-24(32)33-3/h4-12,20,30H,13-16H2,1-3H3/b12-11+. The van der Waals surface area contributed by atoms with Crippen molar-refractivity contribution in [3.63, 3.8) is 0 Å². The smallest absolute Gasteiger partial charge is 0.313 e. The summed E-state index contributed by atoms with van der Waals surface area (Å²) in [5, 5.41) is 11.6. The molecule has 0 fully saturated rings. The Labute approximate surface area is 192 Å². The average Bonchev–Trinajstić information content (AvgIpc) is 3.12. The molecule has 2 heterocycles. The fraction of sp³-hybridized carbons (Fsp3) is 0.333. The van der Waals surface area contributed by atoms with Gasteiger partial charge in [0.25, 0.3) is 0 Å². The maximum Gasteiger partial charge on any atom is 0.313 e. The minimum absolute atomic E-state index is 0.170. The number of Topliss-reactive ketones (excluding diaryl/α,β-unsaturated/α-hetero) is 1. The summed E-state index contributed by atoms with van der Waals surface area (Å²) in [5.41, 5.74) is 4.97. The van der Waals surface area contributed by atoms with Crippen LogP contribution in [0, 0.1) is 5.82 Å². The molecular weight excluding hydrogens is 421 g/mol. The van der Waals surface area contributed by atoms with Gasteiger partial charge in [-0.1, -0.05) is 36.4 Å². The number of benzene rings is 2. The molecule has 0 aliphatic carbocycles. The van der Waals surface area contributed by atoms with Crippen molar-refractivity contribution in [3.8, 4) is 11.1 Å². The molecule has 0 spiro atoms. The number of halogens is 1. The van der Waals surface area contributed by atoms with E-state index in [-0.39, 0.29) is 30.0 Å². The van der Waals surface area contributed by atoms with Crippen LogP contribution in [0.2, 0.25) is 0 Å². The maximum absolute atomic E-state index is 13.7. The van der Waals surface area contributed by atoms with Crippen LogP contribution >= 0.6 is 0 Å². The molecule has 1 N–H and O–H groups in total. The van der Waals surface area contributed by atoms with Gasteiger partial charge in [-0.05, 0) is 56.0 Å². The van der Waals surface area contributed by atoms with Gasteiger partial charge in [0.15, 0.2) is 0 Å². The van der Waals surface area contributed by atoms with E-state index < -0.39 is 12.1 Å². The Balaban J connectivity index is 1.82. The summed E-state index contributed by atoms with van der Waals surface area (Å²) in [4.78, 5) is 23.4. The largest absolute Gasteiger partial charge is 0.469 e. The molecule has 1 atom stereocenters. The lowest BCUT2D eigenvalue weighted by Crippen LogP contribution is -2.31. The normalized spacial score (nSPS) is 15.7. The summed E-state index contributed by atoms with van der Waals surface area (Å²) in [6.07, 6.45) is 3.77.